The van der Waals surface area contributed by atoms with Gasteiger partial charge in [-0.3, -0.25) is 5.10 Å². The van der Waals surface area contributed by atoms with Gasteiger partial charge in [-0.05, 0) is 24.6 Å². The average Bonchev–Trinajstić information content (AvgIpc) is 2.72. The molecule has 0 aliphatic heterocycles. The molecule has 0 radical (unpaired) electrons. The molecule has 1 aromatic carbocycles. The van der Waals surface area contributed by atoms with Crippen LogP contribution in [0.1, 0.15) is 17.5 Å². The van der Waals surface area contributed by atoms with Crippen LogP contribution in [-0.4, -0.2) is 26.0 Å². The van der Waals surface area contributed by atoms with Crippen LogP contribution in [0.3, 0.4) is 0 Å². The molecule has 5 nitrogen and oxygen atoms in total. The van der Waals surface area contributed by atoms with E-state index in [1.54, 1.807) is 12.1 Å². The van der Waals surface area contributed by atoms with Crippen molar-refractivity contribution in [2.24, 2.45) is 0 Å². The summed E-state index contributed by atoms with van der Waals surface area (Å²) in [5, 5.41) is 17.4. The van der Waals surface area contributed by atoms with Gasteiger partial charge < -0.3 is 10.8 Å². The number of aliphatic hydroxyl groups excluding tert-OH is 1. The maximum absolute atomic E-state index is 9.97. The summed E-state index contributed by atoms with van der Waals surface area (Å²) in [6, 6.07) is 7.25. The number of anilines is 1. The van der Waals surface area contributed by atoms with Gasteiger partial charge in [0.1, 0.15) is 5.82 Å². The van der Waals surface area contributed by atoms with Gasteiger partial charge in [-0.2, -0.15) is 0 Å². The van der Waals surface area contributed by atoms with Crippen LogP contribution in [0.5, 0.6) is 0 Å². The van der Waals surface area contributed by atoms with E-state index in [-0.39, 0.29) is 0 Å². The fourth-order valence-corrected chi connectivity index (χ4v) is 2.21. The second-order valence-electron chi connectivity index (χ2n) is 3.70. The second kappa shape index (κ2) is 5.20. The van der Waals surface area contributed by atoms with E-state index in [9.17, 15) is 5.11 Å². The van der Waals surface area contributed by atoms with Crippen molar-refractivity contribution in [2.45, 2.75) is 18.2 Å². The first-order valence-corrected chi connectivity index (χ1v) is 6.19. The Morgan fingerprint density at radius 1 is 1.53 bits per heavy atom. The van der Waals surface area contributed by atoms with Gasteiger partial charge in [0.15, 0.2) is 0 Å². The molecular formula is C11H14N4OS. The van der Waals surface area contributed by atoms with Crippen molar-refractivity contribution in [2.75, 3.05) is 11.5 Å². The van der Waals surface area contributed by atoms with Crippen LogP contribution in [0.4, 0.5) is 5.69 Å². The molecule has 0 fully saturated rings. The van der Waals surface area contributed by atoms with E-state index in [1.807, 2.05) is 19.1 Å². The number of aliphatic hydroxyl groups is 1. The third-order valence-corrected chi connectivity index (χ3v) is 3.17. The Balaban J connectivity index is 1.95. The third kappa shape index (κ3) is 3.21. The third-order valence-electron chi connectivity index (χ3n) is 2.24. The largest absolute Gasteiger partial charge is 0.399 e. The molecule has 1 atom stereocenters. The Morgan fingerprint density at radius 2 is 2.35 bits per heavy atom. The number of benzene rings is 1. The Bertz CT molecular complexity index is 500. The molecule has 1 unspecified atom stereocenters. The number of hydrogen-bond donors (Lipinski definition) is 3. The van der Waals surface area contributed by atoms with E-state index in [4.69, 9.17) is 5.73 Å². The number of hydrogen-bond acceptors (Lipinski definition) is 5. The van der Waals surface area contributed by atoms with Crippen molar-refractivity contribution in [3.05, 3.63) is 35.7 Å². The summed E-state index contributed by atoms with van der Waals surface area (Å²) in [7, 11) is 0. The monoisotopic (exact) mass is 250 g/mol. The van der Waals surface area contributed by atoms with Crippen LogP contribution in [0.25, 0.3) is 0 Å². The number of rotatable bonds is 4. The number of nitrogen functional groups attached to an aromatic ring is 1. The Morgan fingerprint density at radius 3 is 3.00 bits per heavy atom. The lowest BCUT2D eigenvalue weighted by Crippen LogP contribution is -2.01. The van der Waals surface area contributed by atoms with E-state index >= 15 is 0 Å². The zero-order valence-corrected chi connectivity index (χ0v) is 10.2. The van der Waals surface area contributed by atoms with Crippen LogP contribution < -0.4 is 5.73 Å². The number of H-pyrrole nitrogens is 1. The van der Waals surface area contributed by atoms with Crippen molar-refractivity contribution in [3.8, 4) is 0 Å². The number of nitrogens with zero attached hydrogens (tertiary/aromatic N) is 2. The molecule has 1 aromatic heterocycles. The molecule has 0 bridgehead atoms. The molecule has 17 heavy (non-hydrogen) atoms. The van der Waals surface area contributed by atoms with Gasteiger partial charge in [-0.15, -0.1) is 5.10 Å². The van der Waals surface area contributed by atoms with Gasteiger partial charge >= 0.3 is 0 Å². The minimum atomic E-state index is -0.567. The van der Waals surface area contributed by atoms with Crippen LogP contribution in [0.2, 0.25) is 0 Å². The summed E-state index contributed by atoms with van der Waals surface area (Å²) in [6.07, 6.45) is -0.567. The highest BCUT2D eigenvalue weighted by Gasteiger charge is 2.10. The normalized spacial score (nSPS) is 12.6. The molecule has 90 valence electrons. The molecule has 0 aliphatic rings. The van der Waals surface area contributed by atoms with Gasteiger partial charge in [0.25, 0.3) is 0 Å². The number of nitrogens with one attached hydrogen (secondary N) is 1. The van der Waals surface area contributed by atoms with E-state index in [0.717, 1.165) is 11.4 Å². The van der Waals surface area contributed by atoms with Gasteiger partial charge in [0.2, 0.25) is 5.16 Å². The first-order chi connectivity index (χ1) is 8.15. The summed E-state index contributed by atoms with van der Waals surface area (Å²) in [6.45, 7) is 1.84. The van der Waals surface area contributed by atoms with E-state index in [1.165, 1.54) is 11.8 Å². The summed E-state index contributed by atoms with van der Waals surface area (Å²) < 4.78 is 0. The molecule has 2 aromatic rings. The summed E-state index contributed by atoms with van der Waals surface area (Å²) in [5.74, 6) is 1.27. The Hall–Kier alpha value is -1.53. The summed E-state index contributed by atoms with van der Waals surface area (Å²) in [5.41, 5.74) is 7.12. The Labute approximate surface area is 103 Å². The number of aromatic nitrogens is 3. The highest BCUT2D eigenvalue weighted by molar-refractivity contribution is 7.99. The lowest BCUT2D eigenvalue weighted by Gasteiger charge is -2.09. The van der Waals surface area contributed by atoms with Crippen molar-refractivity contribution in [3.63, 3.8) is 0 Å². The van der Waals surface area contributed by atoms with Crippen LogP contribution in [0, 0.1) is 6.92 Å². The SMILES string of the molecule is Cc1nc(SCC(O)c2cccc(N)c2)n[nH]1. The fraction of sp³-hybridized carbons (Fsp3) is 0.273. The lowest BCUT2D eigenvalue weighted by molar-refractivity contribution is 0.204. The molecule has 6 heteroatoms. The maximum atomic E-state index is 9.97. The topological polar surface area (TPSA) is 87.8 Å². The van der Waals surface area contributed by atoms with E-state index in [0.29, 0.717) is 16.6 Å². The van der Waals surface area contributed by atoms with Crippen molar-refractivity contribution < 1.29 is 5.11 Å². The van der Waals surface area contributed by atoms with Gasteiger partial charge in [-0.1, -0.05) is 23.9 Å². The number of nitrogens with two attached hydrogens (primary N) is 1. The first-order valence-electron chi connectivity index (χ1n) is 5.20. The van der Waals surface area contributed by atoms with E-state index in [2.05, 4.69) is 15.2 Å². The molecule has 1 heterocycles. The minimum absolute atomic E-state index is 0.501. The molecule has 0 saturated heterocycles. The zero-order chi connectivity index (χ0) is 12.3. The number of aryl methyl sites for hydroxylation is 1. The smallest absolute Gasteiger partial charge is 0.208 e. The van der Waals surface area contributed by atoms with Crippen molar-refractivity contribution >= 4 is 17.4 Å². The molecule has 4 N–H and O–H groups in total. The highest BCUT2D eigenvalue weighted by Crippen LogP contribution is 2.23. The quantitative estimate of drug-likeness (QED) is 0.565. The van der Waals surface area contributed by atoms with Crippen LogP contribution in [-0.2, 0) is 0 Å². The molecular weight excluding hydrogens is 236 g/mol. The summed E-state index contributed by atoms with van der Waals surface area (Å²) >= 11 is 1.41. The summed E-state index contributed by atoms with van der Waals surface area (Å²) in [4.78, 5) is 4.15. The predicted molar refractivity (Wildman–Crippen MR) is 67.7 cm³/mol. The second-order valence-corrected chi connectivity index (χ2v) is 4.69. The minimum Gasteiger partial charge on any atom is -0.399 e. The molecule has 0 aliphatic carbocycles. The fourth-order valence-electron chi connectivity index (χ4n) is 1.40. The standard InChI is InChI=1S/C11H14N4OS/c1-7-13-11(15-14-7)17-6-10(16)8-3-2-4-9(12)5-8/h2-5,10,16H,6,12H2,1H3,(H,13,14,15). The number of thioether (sulfide) groups is 1. The van der Waals surface area contributed by atoms with Crippen molar-refractivity contribution in [1.82, 2.24) is 15.2 Å². The maximum Gasteiger partial charge on any atom is 0.208 e. The molecule has 0 spiro atoms. The molecule has 0 saturated carbocycles. The number of aromatic amines is 1. The van der Waals surface area contributed by atoms with E-state index < -0.39 is 6.10 Å². The zero-order valence-electron chi connectivity index (χ0n) is 9.42. The molecule has 0 amide bonds. The average molecular weight is 250 g/mol. The van der Waals surface area contributed by atoms with Gasteiger partial charge in [0.05, 0.1) is 6.10 Å². The highest BCUT2D eigenvalue weighted by atomic mass is 32.2. The predicted octanol–water partition coefficient (Wildman–Crippen LogP) is 1.52. The molecule has 2 rings (SSSR count). The van der Waals surface area contributed by atoms with Crippen LogP contribution >= 0.6 is 11.8 Å². The lowest BCUT2D eigenvalue weighted by atomic mass is 10.1. The van der Waals surface area contributed by atoms with Crippen molar-refractivity contribution in [1.29, 1.82) is 0 Å². The van der Waals surface area contributed by atoms with Gasteiger partial charge in [-0.25, -0.2) is 4.98 Å². The first kappa shape index (κ1) is 11.9. The van der Waals surface area contributed by atoms with Crippen LogP contribution in [0.15, 0.2) is 29.4 Å². The Kier molecular flexibility index (Phi) is 3.65. The van der Waals surface area contributed by atoms with Gasteiger partial charge in [0, 0.05) is 11.4 Å².